The molecular formula is C24H25ClN6O. The Hall–Kier alpha value is -3.13. The first-order valence-corrected chi connectivity index (χ1v) is 11.1. The Morgan fingerprint density at radius 1 is 0.969 bits per heavy atom. The molecule has 0 spiro atoms. The minimum absolute atomic E-state index is 0.220. The number of anilines is 3. The third kappa shape index (κ3) is 4.41. The molecule has 0 aliphatic carbocycles. The predicted octanol–water partition coefficient (Wildman–Crippen LogP) is 3.91. The Morgan fingerprint density at radius 3 is 2.53 bits per heavy atom. The molecule has 1 saturated heterocycles. The van der Waals surface area contributed by atoms with Gasteiger partial charge in [-0.25, -0.2) is 9.50 Å². The number of rotatable bonds is 6. The second kappa shape index (κ2) is 9.16. The molecule has 2 N–H and O–H groups in total. The molecule has 0 unspecified atom stereocenters. The molecule has 32 heavy (non-hydrogen) atoms. The molecule has 0 radical (unpaired) electrons. The summed E-state index contributed by atoms with van der Waals surface area (Å²) in [4.78, 5) is 9.12. The van der Waals surface area contributed by atoms with Crippen LogP contribution in [0.4, 0.5) is 17.3 Å². The van der Waals surface area contributed by atoms with E-state index in [1.165, 1.54) is 5.69 Å². The number of aromatic nitrogens is 3. The lowest BCUT2D eigenvalue weighted by Gasteiger charge is -2.35. The van der Waals surface area contributed by atoms with Gasteiger partial charge in [0.25, 0.3) is 0 Å². The number of piperazine rings is 1. The Kier molecular flexibility index (Phi) is 5.94. The van der Waals surface area contributed by atoms with E-state index in [1.54, 1.807) is 0 Å². The SMILES string of the molecule is OCCN1CCN(c2ccc(Nc3ncc4ccc(-c5cccc(Cl)c5)n4n3)cc2)CC1. The molecule has 0 saturated carbocycles. The van der Waals surface area contributed by atoms with Crippen LogP contribution in [0.1, 0.15) is 0 Å². The molecule has 164 valence electrons. The summed E-state index contributed by atoms with van der Waals surface area (Å²) in [5.74, 6) is 0.530. The van der Waals surface area contributed by atoms with E-state index in [0.717, 1.165) is 55.2 Å². The largest absolute Gasteiger partial charge is 0.395 e. The van der Waals surface area contributed by atoms with Crippen molar-refractivity contribution >= 4 is 34.4 Å². The molecule has 2 aromatic heterocycles. The number of halogens is 1. The van der Waals surface area contributed by atoms with Crippen molar-refractivity contribution < 1.29 is 5.11 Å². The number of nitrogens with zero attached hydrogens (tertiary/aromatic N) is 5. The van der Waals surface area contributed by atoms with E-state index in [4.69, 9.17) is 16.7 Å². The van der Waals surface area contributed by atoms with Crippen molar-refractivity contribution in [3.05, 3.63) is 71.9 Å². The predicted molar refractivity (Wildman–Crippen MR) is 129 cm³/mol. The van der Waals surface area contributed by atoms with E-state index >= 15 is 0 Å². The van der Waals surface area contributed by atoms with Crippen molar-refractivity contribution in [2.45, 2.75) is 0 Å². The van der Waals surface area contributed by atoms with Crippen LogP contribution in [0, 0.1) is 0 Å². The van der Waals surface area contributed by atoms with Crippen LogP contribution in [-0.4, -0.2) is 63.9 Å². The lowest BCUT2D eigenvalue weighted by molar-refractivity contribution is 0.189. The zero-order valence-corrected chi connectivity index (χ0v) is 18.4. The second-order valence-corrected chi connectivity index (χ2v) is 8.31. The average Bonchev–Trinajstić information content (AvgIpc) is 3.24. The Morgan fingerprint density at radius 2 is 1.78 bits per heavy atom. The number of fused-ring (bicyclic) bond motifs is 1. The van der Waals surface area contributed by atoms with Crippen molar-refractivity contribution in [3.8, 4) is 11.3 Å². The highest BCUT2D eigenvalue weighted by molar-refractivity contribution is 6.30. The summed E-state index contributed by atoms with van der Waals surface area (Å²) in [7, 11) is 0. The molecule has 1 aliphatic heterocycles. The maximum Gasteiger partial charge on any atom is 0.245 e. The van der Waals surface area contributed by atoms with Crippen LogP contribution >= 0.6 is 11.6 Å². The number of β-amino-alcohol motifs (C(OH)–C–C–N with tert-alkyl or cyclic N) is 1. The van der Waals surface area contributed by atoms with E-state index in [2.05, 4.69) is 49.5 Å². The Labute approximate surface area is 191 Å². The van der Waals surface area contributed by atoms with Gasteiger partial charge in [0.15, 0.2) is 0 Å². The van der Waals surface area contributed by atoms with Gasteiger partial charge in [-0.3, -0.25) is 4.90 Å². The number of aliphatic hydroxyl groups excluding tert-OH is 1. The molecule has 0 bridgehead atoms. The van der Waals surface area contributed by atoms with E-state index in [1.807, 2.05) is 47.1 Å². The van der Waals surface area contributed by atoms with Gasteiger partial charge in [-0.05, 0) is 48.5 Å². The zero-order valence-electron chi connectivity index (χ0n) is 17.7. The van der Waals surface area contributed by atoms with Crippen LogP contribution in [-0.2, 0) is 0 Å². The van der Waals surface area contributed by atoms with E-state index in [-0.39, 0.29) is 6.61 Å². The molecule has 7 nitrogen and oxygen atoms in total. The monoisotopic (exact) mass is 448 g/mol. The lowest BCUT2D eigenvalue weighted by atomic mass is 10.2. The fourth-order valence-corrected chi connectivity index (χ4v) is 4.27. The summed E-state index contributed by atoms with van der Waals surface area (Å²) in [6.07, 6.45) is 1.81. The van der Waals surface area contributed by atoms with E-state index in [0.29, 0.717) is 11.0 Å². The smallest absolute Gasteiger partial charge is 0.245 e. The molecule has 2 aromatic carbocycles. The number of hydrogen-bond acceptors (Lipinski definition) is 6. The highest BCUT2D eigenvalue weighted by atomic mass is 35.5. The standard InChI is InChI=1S/C24H25ClN6O/c25-19-3-1-2-18(16-19)23-9-8-22-17-26-24(28-31(22)23)27-20-4-6-21(7-5-20)30-12-10-29(11-13-30)14-15-32/h1-9,16-17,32H,10-15H2,(H,27,28). The maximum absolute atomic E-state index is 9.10. The maximum atomic E-state index is 9.10. The van der Waals surface area contributed by atoms with Gasteiger partial charge in [-0.1, -0.05) is 23.7 Å². The van der Waals surface area contributed by atoms with Gasteiger partial charge in [-0.15, -0.1) is 5.10 Å². The summed E-state index contributed by atoms with van der Waals surface area (Å²) in [5, 5.41) is 17.8. The van der Waals surface area contributed by atoms with E-state index in [9.17, 15) is 0 Å². The number of aliphatic hydroxyl groups is 1. The third-order valence-corrected chi connectivity index (χ3v) is 6.03. The van der Waals surface area contributed by atoms with Crippen LogP contribution in [0.2, 0.25) is 5.02 Å². The first-order chi connectivity index (χ1) is 15.7. The van der Waals surface area contributed by atoms with Crippen LogP contribution in [0.15, 0.2) is 66.9 Å². The molecule has 1 fully saturated rings. The molecule has 4 aromatic rings. The van der Waals surface area contributed by atoms with Crippen molar-refractivity contribution in [1.29, 1.82) is 0 Å². The van der Waals surface area contributed by atoms with Gasteiger partial charge in [0.1, 0.15) is 0 Å². The fraction of sp³-hybridized carbons (Fsp3) is 0.250. The summed E-state index contributed by atoms with van der Waals surface area (Å²) in [6.45, 7) is 4.85. The van der Waals surface area contributed by atoms with E-state index < -0.39 is 0 Å². The average molecular weight is 449 g/mol. The summed E-state index contributed by atoms with van der Waals surface area (Å²) in [6, 6.07) is 20.1. The third-order valence-electron chi connectivity index (χ3n) is 5.80. The van der Waals surface area contributed by atoms with Gasteiger partial charge < -0.3 is 15.3 Å². The number of hydrogen-bond donors (Lipinski definition) is 2. The highest BCUT2D eigenvalue weighted by Crippen LogP contribution is 2.25. The van der Waals surface area contributed by atoms with Crippen molar-refractivity contribution in [2.75, 3.05) is 49.5 Å². The topological polar surface area (TPSA) is 68.9 Å². The quantitative estimate of drug-likeness (QED) is 0.466. The van der Waals surface area contributed by atoms with Crippen molar-refractivity contribution in [1.82, 2.24) is 19.5 Å². The minimum Gasteiger partial charge on any atom is -0.395 e. The van der Waals surface area contributed by atoms with Gasteiger partial charge in [0, 0.05) is 54.7 Å². The van der Waals surface area contributed by atoms with Gasteiger partial charge >= 0.3 is 0 Å². The number of nitrogens with one attached hydrogen (secondary N) is 1. The molecule has 0 amide bonds. The van der Waals surface area contributed by atoms with Gasteiger partial charge in [0.2, 0.25) is 5.95 Å². The fourth-order valence-electron chi connectivity index (χ4n) is 4.08. The second-order valence-electron chi connectivity index (χ2n) is 7.87. The molecule has 0 atom stereocenters. The Balaban J connectivity index is 1.31. The molecule has 5 rings (SSSR count). The van der Waals surface area contributed by atoms with Crippen LogP contribution in [0.3, 0.4) is 0 Å². The van der Waals surface area contributed by atoms with Gasteiger partial charge in [0.05, 0.1) is 24.0 Å². The molecule has 8 heteroatoms. The van der Waals surface area contributed by atoms with Crippen molar-refractivity contribution in [2.24, 2.45) is 0 Å². The lowest BCUT2D eigenvalue weighted by Crippen LogP contribution is -2.47. The molecular weight excluding hydrogens is 424 g/mol. The summed E-state index contributed by atoms with van der Waals surface area (Å²) < 4.78 is 1.88. The normalized spacial score (nSPS) is 14.8. The summed E-state index contributed by atoms with van der Waals surface area (Å²) >= 11 is 6.17. The Bertz CT molecular complexity index is 1200. The number of benzene rings is 2. The van der Waals surface area contributed by atoms with Crippen LogP contribution < -0.4 is 10.2 Å². The van der Waals surface area contributed by atoms with Crippen LogP contribution in [0.5, 0.6) is 0 Å². The minimum atomic E-state index is 0.220. The first kappa shape index (κ1) is 20.8. The van der Waals surface area contributed by atoms with Crippen molar-refractivity contribution in [3.63, 3.8) is 0 Å². The van der Waals surface area contributed by atoms with Gasteiger partial charge in [-0.2, -0.15) is 0 Å². The zero-order chi connectivity index (χ0) is 21.9. The summed E-state index contributed by atoms with van der Waals surface area (Å²) in [5.41, 5.74) is 5.02. The van der Waals surface area contributed by atoms with Crippen LogP contribution in [0.25, 0.3) is 16.8 Å². The molecule has 3 heterocycles. The first-order valence-electron chi connectivity index (χ1n) is 10.8. The highest BCUT2D eigenvalue weighted by Gasteiger charge is 2.16. The molecule has 1 aliphatic rings.